The number of nitrogens with one attached hydrogen (secondary N) is 1. The number of rotatable bonds is 4. The van der Waals surface area contributed by atoms with Gasteiger partial charge in [0.2, 0.25) is 0 Å². The summed E-state index contributed by atoms with van der Waals surface area (Å²) in [4.78, 5) is 4.61. The summed E-state index contributed by atoms with van der Waals surface area (Å²) in [5.74, 6) is 0.718. The Bertz CT molecular complexity index is 665. The highest BCUT2D eigenvalue weighted by atomic mass is 15.3. The van der Waals surface area contributed by atoms with E-state index in [2.05, 4.69) is 21.5 Å². The number of nitrogens with zero attached hydrogens (tertiary/aromatic N) is 4. The lowest BCUT2D eigenvalue weighted by Gasteiger charge is -2.09. The molecule has 0 aliphatic heterocycles. The molecule has 2 heterocycles. The molecular formula is C15H17N5. The minimum absolute atomic E-state index is 0.649. The molecule has 0 saturated heterocycles. The Morgan fingerprint density at radius 3 is 3.10 bits per heavy atom. The van der Waals surface area contributed by atoms with E-state index in [1.165, 1.54) is 5.56 Å². The average molecular weight is 267 g/mol. The van der Waals surface area contributed by atoms with Crippen molar-refractivity contribution >= 4 is 5.82 Å². The Morgan fingerprint density at radius 2 is 2.35 bits per heavy atom. The molecule has 2 aromatic heterocycles. The molecule has 0 spiro atoms. The first-order chi connectivity index (χ1) is 9.78. The van der Waals surface area contributed by atoms with Crippen LogP contribution >= 0.6 is 0 Å². The van der Waals surface area contributed by atoms with E-state index in [0.29, 0.717) is 5.56 Å². The summed E-state index contributed by atoms with van der Waals surface area (Å²) in [6.07, 6.45) is 5.87. The lowest BCUT2D eigenvalue weighted by Crippen LogP contribution is -2.11. The highest BCUT2D eigenvalue weighted by Crippen LogP contribution is 2.24. The van der Waals surface area contributed by atoms with Gasteiger partial charge < -0.3 is 5.32 Å². The number of hydrogen-bond donors (Lipinski definition) is 1. The molecule has 0 aromatic carbocycles. The molecule has 0 radical (unpaired) electrons. The van der Waals surface area contributed by atoms with Crippen molar-refractivity contribution in [1.82, 2.24) is 14.8 Å². The SMILES string of the molecule is Cn1nccc1CCNc1nc2c(cc1C#N)CCC2. The zero-order chi connectivity index (χ0) is 13.9. The number of aryl methyl sites for hydroxylation is 3. The smallest absolute Gasteiger partial charge is 0.144 e. The van der Waals surface area contributed by atoms with E-state index in [0.717, 1.165) is 49.4 Å². The van der Waals surface area contributed by atoms with Gasteiger partial charge in [0.05, 0.1) is 5.56 Å². The summed E-state index contributed by atoms with van der Waals surface area (Å²) in [5.41, 5.74) is 4.19. The van der Waals surface area contributed by atoms with Gasteiger partial charge in [-0.05, 0) is 37.0 Å². The lowest BCUT2D eigenvalue weighted by atomic mass is 10.1. The minimum atomic E-state index is 0.649. The molecule has 20 heavy (non-hydrogen) atoms. The summed E-state index contributed by atoms with van der Waals surface area (Å²) in [6, 6.07) is 6.23. The average Bonchev–Trinajstić information content (AvgIpc) is 3.06. The van der Waals surface area contributed by atoms with Crippen molar-refractivity contribution in [2.24, 2.45) is 7.05 Å². The molecule has 1 N–H and O–H groups in total. The highest BCUT2D eigenvalue weighted by molar-refractivity contribution is 5.55. The Labute approximate surface area is 118 Å². The first kappa shape index (κ1) is 12.7. The van der Waals surface area contributed by atoms with Gasteiger partial charge in [-0.3, -0.25) is 4.68 Å². The fourth-order valence-electron chi connectivity index (χ4n) is 2.65. The first-order valence-corrected chi connectivity index (χ1v) is 6.91. The largest absolute Gasteiger partial charge is 0.369 e. The third-order valence-corrected chi connectivity index (χ3v) is 3.77. The van der Waals surface area contributed by atoms with Crippen LogP contribution in [0.4, 0.5) is 5.82 Å². The van der Waals surface area contributed by atoms with Crippen molar-refractivity contribution in [3.05, 3.63) is 40.8 Å². The van der Waals surface area contributed by atoms with E-state index < -0.39 is 0 Å². The normalized spacial score (nSPS) is 13.0. The second-order valence-electron chi connectivity index (χ2n) is 5.08. The van der Waals surface area contributed by atoms with E-state index in [1.54, 1.807) is 6.20 Å². The Morgan fingerprint density at radius 1 is 1.45 bits per heavy atom. The molecule has 0 unspecified atom stereocenters. The number of aromatic nitrogens is 3. The van der Waals surface area contributed by atoms with Gasteiger partial charge >= 0.3 is 0 Å². The molecule has 0 atom stereocenters. The van der Waals surface area contributed by atoms with Gasteiger partial charge in [-0.15, -0.1) is 0 Å². The standard InChI is InChI=1S/C15H17N5/c1-20-13(6-8-18-20)5-7-17-15-12(10-16)9-11-3-2-4-14(11)19-15/h6,8-9H,2-5,7H2,1H3,(H,17,19). The van der Waals surface area contributed by atoms with Crippen molar-refractivity contribution in [2.75, 3.05) is 11.9 Å². The summed E-state index contributed by atoms with van der Waals surface area (Å²) in [7, 11) is 1.93. The zero-order valence-corrected chi connectivity index (χ0v) is 11.6. The van der Waals surface area contributed by atoms with Crippen LogP contribution in [-0.2, 0) is 26.3 Å². The van der Waals surface area contributed by atoms with E-state index in [1.807, 2.05) is 23.9 Å². The Hall–Kier alpha value is -2.35. The van der Waals surface area contributed by atoms with E-state index in [9.17, 15) is 5.26 Å². The van der Waals surface area contributed by atoms with Gasteiger partial charge in [0.25, 0.3) is 0 Å². The van der Waals surface area contributed by atoms with Gasteiger partial charge in [-0.2, -0.15) is 10.4 Å². The van der Waals surface area contributed by atoms with E-state index >= 15 is 0 Å². The van der Waals surface area contributed by atoms with Gasteiger partial charge in [0, 0.05) is 37.6 Å². The molecule has 2 aromatic rings. The predicted octanol–water partition coefficient (Wildman–Crippen LogP) is 1.83. The number of anilines is 1. The fourth-order valence-corrected chi connectivity index (χ4v) is 2.65. The predicted molar refractivity (Wildman–Crippen MR) is 76.4 cm³/mol. The molecular weight excluding hydrogens is 250 g/mol. The lowest BCUT2D eigenvalue weighted by molar-refractivity contribution is 0.711. The molecule has 0 bridgehead atoms. The van der Waals surface area contributed by atoms with Crippen LogP contribution in [0.5, 0.6) is 0 Å². The van der Waals surface area contributed by atoms with Gasteiger partial charge in [0.1, 0.15) is 11.9 Å². The van der Waals surface area contributed by atoms with Crippen LogP contribution in [0.25, 0.3) is 0 Å². The first-order valence-electron chi connectivity index (χ1n) is 6.91. The molecule has 0 fully saturated rings. The van der Waals surface area contributed by atoms with Gasteiger partial charge in [-0.25, -0.2) is 4.98 Å². The van der Waals surface area contributed by atoms with Crippen molar-refractivity contribution < 1.29 is 0 Å². The maximum atomic E-state index is 9.23. The summed E-state index contributed by atoms with van der Waals surface area (Å²) in [6.45, 7) is 0.750. The van der Waals surface area contributed by atoms with Crippen molar-refractivity contribution in [1.29, 1.82) is 5.26 Å². The number of fused-ring (bicyclic) bond motifs is 1. The maximum absolute atomic E-state index is 9.23. The Kier molecular flexibility index (Phi) is 3.38. The number of nitriles is 1. The maximum Gasteiger partial charge on any atom is 0.144 e. The third kappa shape index (κ3) is 2.37. The zero-order valence-electron chi connectivity index (χ0n) is 11.6. The van der Waals surface area contributed by atoms with E-state index in [-0.39, 0.29) is 0 Å². The molecule has 0 amide bonds. The highest BCUT2D eigenvalue weighted by Gasteiger charge is 2.16. The molecule has 1 aliphatic carbocycles. The molecule has 5 heteroatoms. The van der Waals surface area contributed by atoms with Crippen LogP contribution in [0.3, 0.4) is 0 Å². The van der Waals surface area contributed by atoms with Crippen LogP contribution in [-0.4, -0.2) is 21.3 Å². The topological polar surface area (TPSA) is 66.5 Å². The second-order valence-corrected chi connectivity index (χ2v) is 5.08. The molecule has 0 saturated carbocycles. The van der Waals surface area contributed by atoms with Crippen molar-refractivity contribution in [2.45, 2.75) is 25.7 Å². The van der Waals surface area contributed by atoms with Crippen LogP contribution in [0.15, 0.2) is 18.3 Å². The van der Waals surface area contributed by atoms with Crippen LogP contribution in [0.2, 0.25) is 0 Å². The van der Waals surface area contributed by atoms with Crippen molar-refractivity contribution in [3.8, 4) is 6.07 Å². The molecule has 3 rings (SSSR count). The summed E-state index contributed by atoms with van der Waals surface area (Å²) < 4.78 is 1.86. The quantitative estimate of drug-likeness (QED) is 0.917. The third-order valence-electron chi connectivity index (χ3n) is 3.77. The number of hydrogen-bond acceptors (Lipinski definition) is 4. The van der Waals surface area contributed by atoms with E-state index in [4.69, 9.17) is 0 Å². The molecule has 1 aliphatic rings. The van der Waals surface area contributed by atoms with Gasteiger partial charge in [-0.1, -0.05) is 0 Å². The summed E-state index contributed by atoms with van der Waals surface area (Å²) in [5, 5.41) is 16.7. The van der Waals surface area contributed by atoms with Crippen molar-refractivity contribution in [3.63, 3.8) is 0 Å². The van der Waals surface area contributed by atoms with Crippen LogP contribution < -0.4 is 5.32 Å². The van der Waals surface area contributed by atoms with Crippen LogP contribution in [0, 0.1) is 11.3 Å². The second kappa shape index (κ2) is 5.33. The molecule has 5 nitrogen and oxygen atoms in total. The number of pyridine rings is 1. The summed E-state index contributed by atoms with van der Waals surface area (Å²) >= 11 is 0. The monoisotopic (exact) mass is 267 g/mol. The minimum Gasteiger partial charge on any atom is -0.369 e. The van der Waals surface area contributed by atoms with Gasteiger partial charge in [0.15, 0.2) is 0 Å². The molecule has 102 valence electrons. The van der Waals surface area contributed by atoms with Crippen LogP contribution in [0.1, 0.15) is 28.9 Å². The fraction of sp³-hybridized carbons (Fsp3) is 0.400. The Balaban J connectivity index is 1.71.